The van der Waals surface area contributed by atoms with Crippen LogP contribution in [0.15, 0.2) is 35.4 Å². The van der Waals surface area contributed by atoms with Crippen LogP contribution in [0.4, 0.5) is 0 Å². The Labute approximate surface area is 110 Å². The van der Waals surface area contributed by atoms with Crippen molar-refractivity contribution in [1.82, 2.24) is 15.6 Å². The standard InChI is InChI=1S/C11H16N4O2S/c1-8(14-10(12-2)7-15(16)17)9-5-4-6-13-11(9)18-3/h4-8,12,14H,1-3H3/b10-7+. The van der Waals surface area contributed by atoms with E-state index in [0.29, 0.717) is 5.82 Å². The van der Waals surface area contributed by atoms with Gasteiger partial charge in [-0.1, -0.05) is 6.07 Å². The van der Waals surface area contributed by atoms with Gasteiger partial charge in [0.15, 0.2) is 5.82 Å². The predicted molar refractivity (Wildman–Crippen MR) is 71.7 cm³/mol. The van der Waals surface area contributed by atoms with Crippen molar-refractivity contribution in [3.05, 3.63) is 46.0 Å². The molecule has 1 rings (SSSR count). The molecule has 0 saturated carbocycles. The minimum absolute atomic E-state index is 0.0696. The van der Waals surface area contributed by atoms with E-state index in [4.69, 9.17) is 0 Å². The maximum absolute atomic E-state index is 10.4. The molecule has 0 radical (unpaired) electrons. The van der Waals surface area contributed by atoms with E-state index in [0.717, 1.165) is 16.8 Å². The summed E-state index contributed by atoms with van der Waals surface area (Å²) in [6.07, 6.45) is 4.59. The predicted octanol–water partition coefficient (Wildman–Crippen LogP) is 1.75. The summed E-state index contributed by atoms with van der Waals surface area (Å²) in [5, 5.41) is 17.2. The van der Waals surface area contributed by atoms with Gasteiger partial charge in [0.25, 0.3) is 6.20 Å². The van der Waals surface area contributed by atoms with E-state index in [1.54, 1.807) is 25.0 Å². The molecule has 6 nitrogen and oxygen atoms in total. The van der Waals surface area contributed by atoms with E-state index in [9.17, 15) is 10.1 Å². The molecule has 18 heavy (non-hydrogen) atoms. The van der Waals surface area contributed by atoms with Gasteiger partial charge in [-0.2, -0.15) is 0 Å². The number of thioether (sulfide) groups is 1. The zero-order valence-electron chi connectivity index (χ0n) is 10.5. The fraction of sp³-hybridized carbons (Fsp3) is 0.364. The van der Waals surface area contributed by atoms with Gasteiger partial charge in [-0.05, 0) is 19.2 Å². The summed E-state index contributed by atoms with van der Waals surface area (Å²) < 4.78 is 0. The molecular formula is C11H16N4O2S. The number of hydrogen-bond acceptors (Lipinski definition) is 6. The minimum Gasteiger partial charge on any atom is -0.370 e. The van der Waals surface area contributed by atoms with Crippen LogP contribution in [-0.4, -0.2) is 23.2 Å². The van der Waals surface area contributed by atoms with Gasteiger partial charge >= 0.3 is 0 Å². The third kappa shape index (κ3) is 3.92. The van der Waals surface area contributed by atoms with Gasteiger partial charge in [-0.15, -0.1) is 11.8 Å². The Bertz CT molecular complexity index is 450. The molecule has 7 heteroatoms. The third-order valence-electron chi connectivity index (χ3n) is 2.34. The molecule has 0 amide bonds. The smallest absolute Gasteiger partial charge is 0.274 e. The van der Waals surface area contributed by atoms with E-state index < -0.39 is 4.92 Å². The molecular weight excluding hydrogens is 252 g/mol. The fourth-order valence-electron chi connectivity index (χ4n) is 1.49. The van der Waals surface area contributed by atoms with Gasteiger partial charge in [0.05, 0.1) is 11.0 Å². The lowest BCUT2D eigenvalue weighted by Gasteiger charge is -2.18. The lowest BCUT2D eigenvalue weighted by atomic mass is 10.1. The highest BCUT2D eigenvalue weighted by molar-refractivity contribution is 7.98. The van der Waals surface area contributed by atoms with Crippen LogP contribution in [0.1, 0.15) is 18.5 Å². The van der Waals surface area contributed by atoms with Crippen molar-refractivity contribution in [2.75, 3.05) is 13.3 Å². The van der Waals surface area contributed by atoms with Crippen LogP contribution in [-0.2, 0) is 0 Å². The molecule has 1 aromatic rings. The number of nitrogens with zero attached hydrogens (tertiary/aromatic N) is 2. The quantitative estimate of drug-likeness (QED) is 0.465. The first-order chi connectivity index (χ1) is 8.58. The summed E-state index contributed by atoms with van der Waals surface area (Å²) in [7, 11) is 1.63. The normalized spacial score (nSPS) is 12.9. The first-order valence-corrected chi connectivity index (χ1v) is 6.59. The second-order valence-corrected chi connectivity index (χ2v) is 4.34. The second-order valence-electron chi connectivity index (χ2n) is 3.55. The summed E-state index contributed by atoms with van der Waals surface area (Å²) in [5.41, 5.74) is 1.01. The van der Waals surface area contributed by atoms with Crippen LogP contribution in [0.5, 0.6) is 0 Å². The molecule has 98 valence electrons. The van der Waals surface area contributed by atoms with Crippen LogP contribution in [0.2, 0.25) is 0 Å². The second kappa shape index (κ2) is 6.85. The lowest BCUT2D eigenvalue weighted by molar-refractivity contribution is -0.404. The van der Waals surface area contributed by atoms with Crippen molar-refractivity contribution in [3.8, 4) is 0 Å². The molecule has 0 aromatic carbocycles. The fourth-order valence-corrected chi connectivity index (χ4v) is 2.14. The molecule has 0 aliphatic heterocycles. The van der Waals surface area contributed by atoms with E-state index in [-0.39, 0.29) is 6.04 Å². The van der Waals surface area contributed by atoms with Crippen molar-refractivity contribution < 1.29 is 4.92 Å². The molecule has 0 aliphatic carbocycles. The van der Waals surface area contributed by atoms with E-state index in [1.807, 2.05) is 25.3 Å². The maximum Gasteiger partial charge on any atom is 0.274 e. The van der Waals surface area contributed by atoms with Gasteiger partial charge in [0, 0.05) is 18.8 Å². The van der Waals surface area contributed by atoms with Gasteiger partial charge < -0.3 is 10.6 Å². The number of nitrogens with one attached hydrogen (secondary N) is 2. The van der Waals surface area contributed by atoms with Crippen molar-refractivity contribution in [2.24, 2.45) is 0 Å². The van der Waals surface area contributed by atoms with Crippen LogP contribution in [0, 0.1) is 10.1 Å². The zero-order chi connectivity index (χ0) is 13.5. The van der Waals surface area contributed by atoms with E-state index in [1.165, 1.54) is 0 Å². The molecule has 1 heterocycles. The van der Waals surface area contributed by atoms with Crippen molar-refractivity contribution in [3.63, 3.8) is 0 Å². The Morgan fingerprint density at radius 3 is 2.94 bits per heavy atom. The number of pyridine rings is 1. The molecule has 2 N–H and O–H groups in total. The van der Waals surface area contributed by atoms with Crippen molar-refractivity contribution in [1.29, 1.82) is 0 Å². The molecule has 0 spiro atoms. The Balaban J connectivity index is 2.87. The first-order valence-electron chi connectivity index (χ1n) is 5.37. The molecule has 0 saturated heterocycles. The van der Waals surface area contributed by atoms with Crippen LogP contribution in [0.3, 0.4) is 0 Å². The Kier molecular flexibility index (Phi) is 5.44. The Morgan fingerprint density at radius 2 is 2.39 bits per heavy atom. The number of rotatable bonds is 6. The number of nitro groups is 1. The monoisotopic (exact) mass is 268 g/mol. The van der Waals surface area contributed by atoms with E-state index in [2.05, 4.69) is 15.6 Å². The van der Waals surface area contributed by atoms with Crippen molar-refractivity contribution in [2.45, 2.75) is 18.0 Å². The Hall–Kier alpha value is -1.76. The summed E-state index contributed by atoms with van der Waals surface area (Å²) in [6, 6.07) is 3.74. The zero-order valence-corrected chi connectivity index (χ0v) is 11.3. The molecule has 0 aliphatic rings. The largest absolute Gasteiger partial charge is 0.370 e. The lowest BCUT2D eigenvalue weighted by Crippen LogP contribution is -2.27. The third-order valence-corrected chi connectivity index (χ3v) is 3.06. The average molecular weight is 268 g/mol. The molecule has 0 fully saturated rings. The van der Waals surface area contributed by atoms with Gasteiger partial charge in [0.1, 0.15) is 5.03 Å². The van der Waals surface area contributed by atoms with Gasteiger partial charge in [-0.3, -0.25) is 10.1 Å². The minimum atomic E-state index is -0.496. The van der Waals surface area contributed by atoms with Crippen molar-refractivity contribution >= 4 is 11.8 Å². The van der Waals surface area contributed by atoms with E-state index >= 15 is 0 Å². The molecule has 1 atom stereocenters. The summed E-state index contributed by atoms with van der Waals surface area (Å²) in [4.78, 5) is 14.2. The molecule has 0 bridgehead atoms. The maximum atomic E-state index is 10.4. The molecule has 1 aromatic heterocycles. The van der Waals surface area contributed by atoms with Crippen LogP contribution >= 0.6 is 11.8 Å². The molecule has 1 unspecified atom stereocenters. The number of aromatic nitrogens is 1. The summed E-state index contributed by atoms with van der Waals surface area (Å²) in [6.45, 7) is 1.93. The number of hydrogen-bond donors (Lipinski definition) is 2. The summed E-state index contributed by atoms with van der Waals surface area (Å²) >= 11 is 1.55. The first kappa shape index (κ1) is 14.3. The topological polar surface area (TPSA) is 80.1 Å². The van der Waals surface area contributed by atoms with Gasteiger partial charge in [0.2, 0.25) is 0 Å². The highest BCUT2D eigenvalue weighted by Gasteiger charge is 2.12. The van der Waals surface area contributed by atoms with Gasteiger partial charge in [-0.25, -0.2) is 4.98 Å². The summed E-state index contributed by atoms with van der Waals surface area (Å²) in [5.74, 6) is 0.364. The highest BCUT2D eigenvalue weighted by Crippen LogP contribution is 2.23. The highest BCUT2D eigenvalue weighted by atomic mass is 32.2. The van der Waals surface area contributed by atoms with Crippen LogP contribution in [0.25, 0.3) is 0 Å². The SMILES string of the molecule is CN/C(=C\[N+](=O)[O-])NC(C)c1cccnc1SC. The van der Waals surface area contributed by atoms with Crippen LogP contribution < -0.4 is 10.6 Å². The Morgan fingerprint density at radius 1 is 1.67 bits per heavy atom. The average Bonchev–Trinajstić information content (AvgIpc) is 2.37.